The minimum absolute atomic E-state index is 0.219. The predicted molar refractivity (Wildman–Crippen MR) is 111 cm³/mol. The molecule has 1 aliphatic heterocycles. The Hall–Kier alpha value is -3.14. The van der Waals surface area contributed by atoms with Crippen LogP contribution in [0, 0.1) is 5.92 Å². The molecule has 32 heavy (non-hydrogen) atoms. The van der Waals surface area contributed by atoms with Crippen LogP contribution in [0.3, 0.4) is 0 Å². The maximum Gasteiger partial charge on any atom is 0.416 e. The number of hydrogen-bond acceptors (Lipinski definition) is 5. The number of nitrogens with zero attached hydrogens (tertiary/aromatic N) is 2. The zero-order chi connectivity index (χ0) is 23.1. The highest BCUT2D eigenvalue weighted by Crippen LogP contribution is 2.34. The molecule has 0 saturated carbocycles. The first-order valence-electron chi connectivity index (χ1n) is 9.86. The SMILES string of the molecule is O=C(O)C1CCCN(c2cccc3cc(S(=O)(=O)c4cccc(C(F)(F)F)c4)cnc23)C1. The number of carboxylic acids is 1. The van der Waals surface area contributed by atoms with Gasteiger partial charge < -0.3 is 10.0 Å². The molecule has 1 atom stereocenters. The van der Waals surface area contributed by atoms with Gasteiger partial charge in [-0.1, -0.05) is 18.2 Å². The number of para-hydroxylation sites is 1. The Balaban J connectivity index is 1.73. The normalized spacial score (nSPS) is 17.5. The summed E-state index contributed by atoms with van der Waals surface area (Å²) in [6, 6.07) is 10.1. The summed E-state index contributed by atoms with van der Waals surface area (Å²) in [4.78, 5) is 16.9. The summed E-state index contributed by atoms with van der Waals surface area (Å²) in [6.07, 6.45) is -2.25. The number of fused-ring (bicyclic) bond motifs is 1. The molecule has 10 heteroatoms. The van der Waals surface area contributed by atoms with E-state index in [0.29, 0.717) is 48.6 Å². The van der Waals surface area contributed by atoms with Crippen molar-refractivity contribution in [1.29, 1.82) is 0 Å². The van der Waals surface area contributed by atoms with Crippen molar-refractivity contribution in [3.63, 3.8) is 0 Å². The van der Waals surface area contributed by atoms with E-state index in [1.807, 2.05) is 4.90 Å². The lowest BCUT2D eigenvalue weighted by atomic mass is 9.97. The molecule has 0 amide bonds. The summed E-state index contributed by atoms with van der Waals surface area (Å²) in [6.45, 7) is 0.968. The van der Waals surface area contributed by atoms with Gasteiger partial charge in [0.1, 0.15) is 0 Å². The standard InChI is InChI=1S/C22H19F3N2O4S/c23-22(24,25)16-6-2-7-17(11-16)32(30,31)18-10-14-4-1-8-19(20(14)26-12-18)27-9-3-5-15(13-27)21(28)29/h1-2,4,6-8,10-12,15H,3,5,9,13H2,(H,28,29). The number of pyridine rings is 1. The number of carboxylic acid groups (broad SMARTS) is 1. The van der Waals surface area contributed by atoms with Crippen LogP contribution >= 0.6 is 0 Å². The van der Waals surface area contributed by atoms with E-state index < -0.39 is 38.4 Å². The lowest BCUT2D eigenvalue weighted by molar-refractivity contribution is -0.142. The van der Waals surface area contributed by atoms with Crippen molar-refractivity contribution in [1.82, 2.24) is 4.98 Å². The summed E-state index contributed by atoms with van der Waals surface area (Å²) in [5, 5.41) is 9.83. The molecule has 1 fully saturated rings. The zero-order valence-electron chi connectivity index (χ0n) is 16.7. The van der Waals surface area contributed by atoms with Crippen molar-refractivity contribution in [2.75, 3.05) is 18.0 Å². The van der Waals surface area contributed by atoms with Crippen molar-refractivity contribution in [3.8, 4) is 0 Å². The van der Waals surface area contributed by atoms with Crippen LogP contribution in [0.25, 0.3) is 10.9 Å². The van der Waals surface area contributed by atoms with E-state index in [2.05, 4.69) is 4.98 Å². The van der Waals surface area contributed by atoms with Crippen LogP contribution in [0.4, 0.5) is 18.9 Å². The smallest absolute Gasteiger partial charge is 0.416 e. The number of rotatable bonds is 4. The van der Waals surface area contributed by atoms with Gasteiger partial charge in [0.15, 0.2) is 0 Å². The highest BCUT2D eigenvalue weighted by molar-refractivity contribution is 7.91. The largest absolute Gasteiger partial charge is 0.481 e. The molecule has 0 radical (unpaired) electrons. The number of aromatic nitrogens is 1. The average molecular weight is 464 g/mol. The van der Waals surface area contributed by atoms with Gasteiger partial charge in [-0.2, -0.15) is 13.2 Å². The number of piperidine rings is 1. The molecule has 0 aliphatic carbocycles. The van der Waals surface area contributed by atoms with Gasteiger partial charge in [0.2, 0.25) is 9.84 Å². The Morgan fingerprint density at radius 1 is 1.09 bits per heavy atom. The maximum atomic E-state index is 13.0. The summed E-state index contributed by atoms with van der Waals surface area (Å²) < 4.78 is 65.0. The van der Waals surface area contributed by atoms with Gasteiger partial charge in [-0.15, -0.1) is 0 Å². The third-order valence-electron chi connectivity index (χ3n) is 5.56. The second-order valence-electron chi connectivity index (χ2n) is 7.67. The number of aliphatic carboxylic acids is 1. The number of anilines is 1. The van der Waals surface area contributed by atoms with Crippen molar-refractivity contribution in [2.24, 2.45) is 5.92 Å². The molecule has 168 valence electrons. The number of sulfone groups is 1. The fraction of sp³-hybridized carbons (Fsp3) is 0.273. The molecular weight excluding hydrogens is 445 g/mol. The lowest BCUT2D eigenvalue weighted by Gasteiger charge is -2.33. The minimum Gasteiger partial charge on any atom is -0.481 e. The van der Waals surface area contributed by atoms with Crippen LogP contribution in [-0.2, 0) is 20.8 Å². The number of benzene rings is 2. The molecule has 1 saturated heterocycles. The molecule has 3 aromatic rings. The maximum absolute atomic E-state index is 13.0. The van der Waals surface area contributed by atoms with Crippen LogP contribution in [-0.4, -0.2) is 37.6 Å². The molecule has 0 bridgehead atoms. The summed E-state index contributed by atoms with van der Waals surface area (Å²) in [5.41, 5.74) is 0.144. The van der Waals surface area contributed by atoms with Gasteiger partial charge in [0.25, 0.3) is 0 Å². The zero-order valence-corrected chi connectivity index (χ0v) is 17.5. The number of hydrogen-bond donors (Lipinski definition) is 1. The highest BCUT2D eigenvalue weighted by Gasteiger charge is 2.32. The van der Waals surface area contributed by atoms with Gasteiger partial charge in [0.05, 0.1) is 32.5 Å². The van der Waals surface area contributed by atoms with Crippen LogP contribution in [0.5, 0.6) is 0 Å². The van der Waals surface area contributed by atoms with E-state index in [1.54, 1.807) is 18.2 Å². The Bertz CT molecular complexity index is 1290. The van der Waals surface area contributed by atoms with E-state index in [1.165, 1.54) is 6.07 Å². The average Bonchev–Trinajstić information content (AvgIpc) is 2.78. The van der Waals surface area contributed by atoms with Gasteiger partial charge in [0, 0.05) is 24.7 Å². The summed E-state index contributed by atoms with van der Waals surface area (Å²) in [7, 11) is -4.22. The van der Waals surface area contributed by atoms with Gasteiger partial charge >= 0.3 is 12.1 Å². The number of carbonyl (C=O) groups is 1. The van der Waals surface area contributed by atoms with Gasteiger partial charge in [-0.25, -0.2) is 8.42 Å². The van der Waals surface area contributed by atoms with Crippen LogP contribution < -0.4 is 4.90 Å². The Morgan fingerprint density at radius 2 is 1.84 bits per heavy atom. The lowest BCUT2D eigenvalue weighted by Crippen LogP contribution is -2.38. The molecule has 2 heterocycles. The van der Waals surface area contributed by atoms with Crippen LogP contribution in [0.15, 0.2) is 64.5 Å². The molecular formula is C22H19F3N2O4S. The van der Waals surface area contributed by atoms with E-state index in [9.17, 15) is 31.5 Å². The van der Waals surface area contributed by atoms with E-state index >= 15 is 0 Å². The molecule has 0 spiro atoms. The van der Waals surface area contributed by atoms with Crippen LogP contribution in [0.1, 0.15) is 18.4 Å². The molecule has 4 rings (SSSR count). The Labute approximate surface area is 182 Å². The second-order valence-corrected chi connectivity index (χ2v) is 9.62. The number of alkyl halides is 3. The first kappa shape index (κ1) is 22.1. The monoisotopic (exact) mass is 464 g/mol. The van der Waals surface area contributed by atoms with Crippen LogP contribution in [0.2, 0.25) is 0 Å². The molecule has 6 nitrogen and oxygen atoms in total. The van der Waals surface area contributed by atoms with Gasteiger partial charge in [-0.3, -0.25) is 9.78 Å². The molecule has 1 N–H and O–H groups in total. The fourth-order valence-corrected chi connectivity index (χ4v) is 5.19. The molecule has 2 aromatic carbocycles. The van der Waals surface area contributed by atoms with Gasteiger partial charge in [-0.05, 0) is 43.2 Å². The third-order valence-corrected chi connectivity index (χ3v) is 7.28. The fourth-order valence-electron chi connectivity index (χ4n) is 3.90. The summed E-state index contributed by atoms with van der Waals surface area (Å²) in [5.74, 6) is -1.36. The van der Waals surface area contributed by atoms with Crippen molar-refractivity contribution >= 4 is 32.4 Å². The first-order chi connectivity index (χ1) is 15.1. The second kappa shape index (κ2) is 8.09. The highest BCUT2D eigenvalue weighted by atomic mass is 32.2. The van der Waals surface area contributed by atoms with E-state index in [0.717, 1.165) is 24.4 Å². The summed E-state index contributed by atoms with van der Waals surface area (Å²) >= 11 is 0. The molecule has 1 aromatic heterocycles. The first-order valence-corrected chi connectivity index (χ1v) is 11.3. The topological polar surface area (TPSA) is 87.6 Å². The van der Waals surface area contributed by atoms with E-state index in [4.69, 9.17) is 0 Å². The molecule has 1 unspecified atom stereocenters. The third kappa shape index (κ3) is 4.14. The quantitative estimate of drug-likeness (QED) is 0.616. The Morgan fingerprint density at radius 3 is 2.56 bits per heavy atom. The molecule has 1 aliphatic rings. The van der Waals surface area contributed by atoms with Crippen molar-refractivity contribution in [3.05, 3.63) is 60.3 Å². The number of halogens is 3. The minimum atomic E-state index is -4.66. The Kier molecular flexibility index (Phi) is 5.58. The predicted octanol–water partition coefficient (Wildman–Crippen LogP) is 4.39. The van der Waals surface area contributed by atoms with E-state index in [-0.39, 0.29) is 4.90 Å². The van der Waals surface area contributed by atoms with Crippen molar-refractivity contribution < 1.29 is 31.5 Å². The van der Waals surface area contributed by atoms with Crippen molar-refractivity contribution in [2.45, 2.75) is 28.8 Å².